The average Bonchev–Trinajstić information content (AvgIpc) is 2.46. The fourth-order valence-corrected chi connectivity index (χ4v) is 3.00. The van der Waals surface area contributed by atoms with E-state index in [4.69, 9.17) is 10.5 Å². The van der Waals surface area contributed by atoms with Gasteiger partial charge in [-0.15, -0.1) is 0 Å². The van der Waals surface area contributed by atoms with Gasteiger partial charge in [0.25, 0.3) is 0 Å². The van der Waals surface area contributed by atoms with E-state index < -0.39 is 5.54 Å². The Balaban J connectivity index is 2.47. The fraction of sp³-hybridized carbons (Fsp3) is 0.938. The molecule has 1 heterocycles. The van der Waals surface area contributed by atoms with Crippen LogP contribution in [0.4, 0.5) is 0 Å². The van der Waals surface area contributed by atoms with Crippen molar-refractivity contribution >= 4 is 5.97 Å². The van der Waals surface area contributed by atoms with Crippen LogP contribution in [0.3, 0.4) is 0 Å². The van der Waals surface area contributed by atoms with Gasteiger partial charge in [-0.1, -0.05) is 6.92 Å². The maximum absolute atomic E-state index is 11.9. The summed E-state index contributed by atoms with van der Waals surface area (Å²) in [5.41, 5.74) is 5.24. The first-order chi connectivity index (χ1) is 9.81. The highest BCUT2D eigenvalue weighted by Crippen LogP contribution is 2.18. The summed E-state index contributed by atoms with van der Waals surface area (Å²) in [5, 5.41) is 0. The summed E-state index contributed by atoms with van der Waals surface area (Å²) in [6, 6.07) is 0.949. The van der Waals surface area contributed by atoms with Gasteiger partial charge in [-0.05, 0) is 40.5 Å². The summed E-state index contributed by atoms with van der Waals surface area (Å²) in [6.07, 6.45) is 1.83. The minimum atomic E-state index is -0.900. The molecule has 3 atom stereocenters. The van der Waals surface area contributed by atoms with Crippen molar-refractivity contribution in [2.45, 2.75) is 65.1 Å². The maximum Gasteiger partial charge on any atom is 0.325 e. The lowest BCUT2D eigenvalue weighted by Crippen LogP contribution is -2.55. The van der Waals surface area contributed by atoms with Gasteiger partial charge in [0.2, 0.25) is 0 Å². The van der Waals surface area contributed by atoms with Crippen LogP contribution in [0.15, 0.2) is 0 Å². The second-order valence-corrected chi connectivity index (χ2v) is 6.52. The number of hydrogen-bond donors (Lipinski definition) is 1. The van der Waals surface area contributed by atoms with Crippen molar-refractivity contribution in [3.8, 4) is 0 Å². The monoisotopic (exact) mass is 299 g/mol. The average molecular weight is 299 g/mol. The van der Waals surface area contributed by atoms with Crippen molar-refractivity contribution in [3.05, 3.63) is 0 Å². The van der Waals surface area contributed by atoms with Gasteiger partial charge in [0.1, 0.15) is 5.54 Å². The predicted molar refractivity (Wildman–Crippen MR) is 86.2 cm³/mol. The molecule has 5 heteroatoms. The van der Waals surface area contributed by atoms with Gasteiger partial charge in [-0.2, -0.15) is 0 Å². The second kappa shape index (κ2) is 8.11. The Labute approximate surface area is 129 Å². The lowest BCUT2D eigenvalue weighted by molar-refractivity contribution is -0.149. The van der Waals surface area contributed by atoms with Gasteiger partial charge in [-0.25, -0.2) is 0 Å². The molecule has 0 aromatic carbocycles. The number of ether oxygens (including phenoxy) is 1. The van der Waals surface area contributed by atoms with Gasteiger partial charge in [0, 0.05) is 38.3 Å². The summed E-state index contributed by atoms with van der Waals surface area (Å²) in [4.78, 5) is 16.9. The number of carbonyl (C=O) groups excluding carboxylic acids is 1. The van der Waals surface area contributed by atoms with Gasteiger partial charge in [0.15, 0.2) is 0 Å². The summed E-state index contributed by atoms with van der Waals surface area (Å²) in [7, 11) is 0. The molecule has 0 amide bonds. The SMILES string of the molecule is CCOC(=O)C(C)(N)CC(C)N1CCN(C(C)CC)CC1. The molecule has 3 unspecified atom stereocenters. The number of nitrogens with two attached hydrogens (primary N) is 1. The van der Waals surface area contributed by atoms with Crippen LogP contribution in [0, 0.1) is 0 Å². The number of hydrogen-bond acceptors (Lipinski definition) is 5. The number of piperazine rings is 1. The third-order valence-corrected chi connectivity index (χ3v) is 4.65. The standard InChI is InChI=1S/C16H33N3O2/c1-6-13(3)18-8-10-19(11-9-18)14(4)12-16(5,17)15(20)21-7-2/h13-14H,6-12,17H2,1-5H3. The van der Waals surface area contributed by atoms with Crippen molar-refractivity contribution in [2.75, 3.05) is 32.8 Å². The molecule has 0 radical (unpaired) electrons. The highest BCUT2D eigenvalue weighted by atomic mass is 16.5. The highest BCUT2D eigenvalue weighted by Gasteiger charge is 2.34. The van der Waals surface area contributed by atoms with Crippen molar-refractivity contribution < 1.29 is 9.53 Å². The van der Waals surface area contributed by atoms with Crippen molar-refractivity contribution in [3.63, 3.8) is 0 Å². The Hall–Kier alpha value is -0.650. The Morgan fingerprint density at radius 2 is 1.62 bits per heavy atom. The van der Waals surface area contributed by atoms with Gasteiger partial charge < -0.3 is 10.5 Å². The molecule has 0 aliphatic carbocycles. The molecule has 124 valence electrons. The van der Waals surface area contributed by atoms with Crippen LogP contribution in [0.1, 0.15) is 47.5 Å². The van der Waals surface area contributed by atoms with Crippen LogP contribution >= 0.6 is 0 Å². The Morgan fingerprint density at radius 1 is 1.14 bits per heavy atom. The molecule has 0 aromatic rings. The zero-order valence-corrected chi connectivity index (χ0v) is 14.4. The van der Waals surface area contributed by atoms with Crippen molar-refractivity contribution in [1.29, 1.82) is 0 Å². The smallest absolute Gasteiger partial charge is 0.325 e. The molecule has 0 aromatic heterocycles. The molecule has 5 nitrogen and oxygen atoms in total. The van der Waals surface area contributed by atoms with E-state index in [-0.39, 0.29) is 5.97 Å². The van der Waals surface area contributed by atoms with Crippen LogP contribution in [-0.2, 0) is 9.53 Å². The van der Waals surface area contributed by atoms with E-state index in [1.165, 1.54) is 6.42 Å². The summed E-state index contributed by atoms with van der Waals surface area (Å²) in [6.45, 7) is 14.9. The van der Waals surface area contributed by atoms with E-state index in [1.54, 1.807) is 6.92 Å². The Morgan fingerprint density at radius 3 is 2.05 bits per heavy atom. The van der Waals surface area contributed by atoms with Crippen LogP contribution < -0.4 is 5.73 Å². The summed E-state index contributed by atoms with van der Waals surface area (Å²) < 4.78 is 5.07. The van der Waals surface area contributed by atoms with Gasteiger partial charge in [-0.3, -0.25) is 14.6 Å². The molecule has 2 N–H and O–H groups in total. The zero-order chi connectivity index (χ0) is 16.0. The van der Waals surface area contributed by atoms with Gasteiger partial charge >= 0.3 is 5.97 Å². The molecular weight excluding hydrogens is 266 g/mol. The fourth-order valence-electron chi connectivity index (χ4n) is 3.00. The van der Waals surface area contributed by atoms with Gasteiger partial charge in [0.05, 0.1) is 6.61 Å². The topological polar surface area (TPSA) is 58.8 Å². The molecule has 1 aliphatic heterocycles. The van der Waals surface area contributed by atoms with Crippen LogP contribution in [-0.4, -0.2) is 66.2 Å². The molecule has 1 aliphatic rings. The van der Waals surface area contributed by atoms with E-state index in [0.29, 0.717) is 25.1 Å². The van der Waals surface area contributed by atoms with E-state index in [0.717, 1.165) is 26.2 Å². The lowest BCUT2D eigenvalue weighted by atomic mass is 9.94. The first-order valence-corrected chi connectivity index (χ1v) is 8.26. The lowest BCUT2D eigenvalue weighted by Gasteiger charge is -2.41. The minimum absolute atomic E-state index is 0.295. The van der Waals surface area contributed by atoms with E-state index in [9.17, 15) is 4.79 Å². The van der Waals surface area contributed by atoms with Crippen molar-refractivity contribution in [1.82, 2.24) is 9.80 Å². The largest absolute Gasteiger partial charge is 0.465 e. The first-order valence-electron chi connectivity index (χ1n) is 8.26. The molecule has 1 saturated heterocycles. The van der Waals surface area contributed by atoms with E-state index >= 15 is 0 Å². The quantitative estimate of drug-likeness (QED) is 0.721. The maximum atomic E-state index is 11.9. The normalized spacial score (nSPS) is 23.3. The minimum Gasteiger partial charge on any atom is -0.465 e. The number of rotatable bonds is 7. The Bertz CT molecular complexity index is 325. The van der Waals surface area contributed by atoms with Crippen molar-refractivity contribution in [2.24, 2.45) is 5.73 Å². The van der Waals surface area contributed by atoms with E-state index in [1.807, 2.05) is 6.92 Å². The number of nitrogens with zero attached hydrogens (tertiary/aromatic N) is 2. The number of esters is 1. The zero-order valence-electron chi connectivity index (χ0n) is 14.4. The second-order valence-electron chi connectivity index (χ2n) is 6.52. The highest BCUT2D eigenvalue weighted by molar-refractivity contribution is 5.80. The third-order valence-electron chi connectivity index (χ3n) is 4.65. The van der Waals surface area contributed by atoms with E-state index in [2.05, 4.69) is 30.6 Å². The molecule has 1 rings (SSSR count). The number of carbonyl (C=O) groups is 1. The predicted octanol–water partition coefficient (Wildman–Crippen LogP) is 1.46. The molecule has 21 heavy (non-hydrogen) atoms. The van der Waals surface area contributed by atoms with Crippen LogP contribution in [0.25, 0.3) is 0 Å². The summed E-state index contributed by atoms with van der Waals surface area (Å²) >= 11 is 0. The van der Waals surface area contributed by atoms with Crippen LogP contribution in [0.5, 0.6) is 0 Å². The third kappa shape index (κ3) is 5.24. The molecule has 0 spiro atoms. The molecule has 1 fully saturated rings. The van der Waals surface area contributed by atoms with Crippen LogP contribution in [0.2, 0.25) is 0 Å². The summed E-state index contributed by atoms with van der Waals surface area (Å²) in [5.74, 6) is -0.296. The Kier molecular flexibility index (Phi) is 7.10. The molecule has 0 bridgehead atoms. The molecule has 0 saturated carbocycles. The first kappa shape index (κ1) is 18.4. The molecular formula is C16H33N3O2.